The molecule has 0 aliphatic carbocycles. The molecule has 106 valence electrons. The van der Waals surface area contributed by atoms with Crippen LogP contribution in [-0.2, 0) is 0 Å². The lowest BCUT2D eigenvalue weighted by Gasteiger charge is -2.07. The second-order valence-corrected chi connectivity index (χ2v) is 5.69. The van der Waals surface area contributed by atoms with Crippen LogP contribution in [0.25, 0.3) is 21.8 Å². The van der Waals surface area contributed by atoms with E-state index in [1.54, 1.807) is 18.4 Å². The molecule has 0 aliphatic rings. The summed E-state index contributed by atoms with van der Waals surface area (Å²) >= 11 is 1.59. The van der Waals surface area contributed by atoms with Crippen LogP contribution in [0.3, 0.4) is 0 Å². The van der Waals surface area contributed by atoms with Crippen molar-refractivity contribution in [2.45, 2.75) is 6.92 Å². The molecule has 4 heteroatoms. The van der Waals surface area contributed by atoms with Crippen molar-refractivity contribution in [3.8, 4) is 27.6 Å². The third-order valence-corrected chi connectivity index (χ3v) is 4.20. The summed E-state index contributed by atoms with van der Waals surface area (Å²) in [5.41, 5.74) is 10.8. The van der Waals surface area contributed by atoms with Gasteiger partial charge < -0.3 is 10.5 Å². The highest BCUT2D eigenvalue weighted by Gasteiger charge is 2.12. The van der Waals surface area contributed by atoms with Crippen molar-refractivity contribution < 1.29 is 4.74 Å². The van der Waals surface area contributed by atoms with E-state index in [0.717, 1.165) is 33.3 Å². The van der Waals surface area contributed by atoms with Crippen LogP contribution in [0.4, 0.5) is 5.69 Å². The topological polar surface area (TPSA) is 48.1 Å². The van der Waals surface area contributed by atoms with E-state index in [2.05, 4.69) is 13.0 Å². The highest BCUT2D eigenvalue weighted by atomic mass is 32.1. The normalized spacial score (nSPS) is 10.6. The molecule has 2 aromatic carbocycles. The maximum atomic E-state index is 6.02. The first-order valence-corrected chi connectivity index (χ1v) is 7.52. The van der Waals surface area contributed by atoms with Gasteiger partial charge >= 0.3 is 0 Å². The Bertz CT molecular complexity index is 780. The molecule has 0 fully saturated rings. The van der Waals surface area contributed by atoms with Crippen LogP contribution in [0, 0.1) is 6.92 Å². The molecular weight excluding hydrogens is 280 g/mol. The van der Waals surface area contributed by atoms with Gasteiger partial charge in [-0.2, -0.15) is 0 Å². The van der Waals surface area contributed by atoms with Gasteiger partial charge in [0.1, 0.15) is 10.8 Å². The zero-order chi connectivity index (χ0) is 14.8. The summed E-state index contributed by atoms with van der Waals surface area (Å²) in [5.74, 6) is 0.832. The monoisotopic (exact) mass is 296 g/mol. The van der Waals surface area contributed by atoms with Gasteiger partial charge in [-0.1, -0.05) is 23.8 Å². The molecule has 0 atom stereocenters. The van der Waals surface area contributed by atoms with E-state index in [9.17, 15) is 0 Å². The number of rotatable bonds is 3. The molecule has 0 spiro atoms. The van der Waals surface area contributed by atoms with Crippen LogP contribution in [0.15, 0.2) is 47.8 Å². The SMILES string of the molecule is COc1ccc(C)cc1-c1csc(-c2ccccc2N)n1. The average molecular weight is 296 g/mol. The van der Waals surface area contributed by atoms with E-state index >= 15 is 0 Å². The zero-order valence-electron chi connectivity index (χ0n) is 12.0. The molecule has 1 heterocycles. The first-order valence-electron chi connectivity index (χ1n) is 6.64. The molecule has 0 amide bonds. The number of hydrogen-bond acceptors (Lipinski definition) is 4. The lowest BCUT2D eigenvalue weighted by Crippen LogP contribution is -1.90. The summed E-state index contributed by atoms with van der Waals surface area (Å²) < 4.78 is 5.43. The molecule has 3 nitrogen and oxygen atoms in total. The summed E-state index contributed by atoms with van der Waals surface area (Å²) in [6.45, 7) is 2.06. The fourth-order valence-electron chi connectivity index (χ4n) is 2.23. The van der Waals surface area contributed by atoms with Crippen LogP contribution in [0.5, 0.6) is 5.75 Å². The van der Waals surface area contributed by atoms with Gasteiger partial charge in [-0.3, -0.25) is 0 Å². The number of ether oxygens (including phenoxy) is 1. The number of methoxy groups -OCH3 is 1. The number of benzene rings is 2. The molecule has 1 aromatic heterocycles. The minimum absolute atomic E-state index is 0.745. The van der Waals surface area contributed by atoms with Crippen molar-refractivity contribution in [1.82, 2.24) is 4.98 Å². The quantitative estimate of drug-likeness (QED) is 0.730. The minimum Gasteiger partial charge on any atom is -0.496 e. The molecule has 0 saturated heterocycles. The highest BCUT2D eigenvalue weighted by molar-refractivity contribution is 7.13. The van der Waals surface area contributed by atoms with Crippen LogP contribution >= 0.6 is 11.3 Å². The van der Waals surface area contributed by atoms with Crippen LogP contribution in [-0.4, -0.2) is 12.1 Å². The molecule has 21 heavy (non-hydrogen) atoms. The predicted molar refractivity (Wildman–Crippen MR) is 88.7 cm³/mol. The Labute approximate surface area is 128 Å². The first-order chi connectivity index (χ1) is 10.2. The second-order valence-electron chi connectivity index (χ2n) is 4.83. The summed E-state index contributed by atoms with van der Waals surface area (Å²) in [6.07, 6.45) is 0. The number of hydrogen-bond donors (Lipinski definition) is 1. The molecule has 0 radical (unpaired) electrons. The van der Waals surface area contributed by atoms with Gasteiger partial charge in [-0.15, -0.1) is 11.3 Å². The maximum absolute atomic E-state index is 6.02. The summed E-state index contributed by atoms with van der Waals surface area (Å²) in [6, 6.07) is 13.9. The van der Waals surface area contributed by atoms with E-state index in [4.69, 9.17) is 15.5 Å². The average Bonchev–Trinajstić information content (AvgIpc) is 2.97. The Balaban J connectivity index is 2.07. The van der Waals surface area contributed by atoms with Crippen molar-refractivity contribution in [3.05, 3.63) is 53.4 Å². The summed E-state index contributed by atoms with van der Waals surface area (Å²) in [7, 11) is 1.68. The zero-order valence-corrected chi connectivity index (χ0v) is 12.8. The lowest BCUT2D eigenvalue weighted by molar-refractivity contribution is 0.416. The van der Waals surface area contributed by atoms with Crippen LogP contribution in [0.1, 0.15) is 5.56 Å². The third-order valence-electron chi connectivity index (χ3n) is 3.33. The fraction of sp³-hybridized carbons (Fsp3) is 0.118. The number of thiazole rings is 1. The fourth-order valence-corrected chi connectivity index (χ4v) is 3.10. The highest BCUT2D eigenvalue weighted by Crippen LogP contribution is 2.35. The van der Waals surface area contributed by atoms with E-state index in [1.807, 2.05) is 41.8 Å². The lowest BCUT2D eigenvalue weighted by atomic mass is 10.1. The van der Waals surface area contributed by atoms with Gasteiger partial charge in [-0.25, -0.2) is 4.98 Å². The number of aryl methyl sites for hydroxylation is 1. The standard InChI is InChI=1S/C17H16N2OS/c1-11-7-8-16(20-2)13(9-11)15-10-21-17(19-15)12-5-3-4-6-14(12)18/h3-10H,18H2,1-2H3. The van der Waals surface area contributed by atoms with Gasteiger partial charge in [0.2, 0.25) is 0 Å². The van der Waals surface area contributed by atoms with Gasteiger partial charge in [0, 0.05) is 22.2 Å². The number of nitrogens with zero attached hydrogens (tertiary/aromatic N) is 1. The van der Waals surface area contributed by atoms with Gasteiger partial charge in [-0.05, 0) is 31.2 Å². The van der Waals surface area contributed by atoms with Gasteiger partial charge in [0.25, 0.3) is 0 Å². The summed E-state index contributed by atoms with van der Waals surface area (Å²) in [5, 5.41) is 2.96. The molecule has 0 aliphatic heterocycles. The van der Waals surface area contributed by atoms with Crippen molar-refractivity contribution in [1.29, 1.82) is 0 Å². The van der Waals surface area contributed by atoms with E-state index in [1.165, 1.54) is 5.56 Å². The Hall–Kier alpha value is -2.33. The molecule has 3 aromatic rings. The minimum atomic E-state index is 0.745. The Kier molecular flexibility index (Phi) is 3.62. The summed E-state index contributed by atoms with van der Waals surface area (Å²) in [4.78, 5) is 4.72. The molecule has 0 bridgehead atoms. The number of aromatic nitrogens is 1. The van der Waals surface area contributed by atoms with Crippen LogP contribution < -0.4 is 10.5 Å². The number of anilines is 1. The van der Waals surface area contributed by atoms with E-state index in [0.29, 0.717) is 0 Å². The maximum Gasteiger partial charge on any atom is 0.128 e. The van der Waals surface area contributed by atoms with Crippen molar-refractivity contribution in [2.75, 3.05) is 12.8 Å². The Morgan fingerprint density at radius 2 is 1.90 bits per heavy atom. The third kappa shape index (κ3) is 2.62. The number of nitrogen functional groups attached to an aromatic ring is 1. The van der Waals surface area contributed by atoms with Gasteiger partial charge in [0.15, 0.2) is 0 Å². The number of para-hydroxylation sites is 1. The number of nitrogens with two attached hydrogens (primary N) is 1. The predicted octanol–water partition coefficient (Wildman–Crippen LogP) is 4.38. The van der Waals surface area contributed by atoms with E-state index in [-0.39, 0.29) is 0 Å². The second kappa shape index (κ2) is 5.58. The molecule has 0 saturated carbocycles. The van der Waals surface area contributed by atoms with E-state index < -0.39 is 0 Å². The molecule has 0 unspecified atom stereocenters. The first kappa shape index (κ1) is 13.6. The van der Waals surface area contributed by atoms with Crippen molar-refractivity contribution in [3.63, 3.8) is 0 Å². The van der Waals surface area contributed by atoms with Crippen molar-refractivity contribution in [2.24, 2.45) is 0 Å². The largest absolute Gasteiger partial charge is 0.496 e. The van der Waals surface area contributed by atoms with Gasteiger partial charge in [0.05, 0.1) is 12.8 Å². The Morgan fingerprint density at radius 3 is 2.67 bits per heavy atom. The Morgan fingerprint density at radius 1 is 1.10 bits per heavy atom. The molecule has 2 N–H and O–H groups in total. The molecule has 3 rings (SSSR count). The smallest absolute Gasteiger partial charge is 0.128 e. The van der Waals surface area contributed by atoms with Crippen LogP contribution in [0.2, 0.25) is 0 Å². The van der Waals surface area contributed by atoms with Crippen molar-refractivity contribution >= 4 is 17.0 Å². The molecular formula is C17H16N2OS.